The second kappa shape index (κ2) is 4.01. The van der Waals surface area contributed by atoms with Crippen molar-refractivity contribution in [3.8, 4) is 0 Å². The zero-order chi connectivity index (χ0) is 12.0. The predicted molar refractivity (Wildman–Crippen MR) is 68.3 cm³/mol. The van der Waals surface area contributed by atoms with E-state index in [0.717, 1.165) is 12.3 Å². The highest BCUT2D eigenvalue weighted by atomic mass is 16.3. The van der Waals surface area contributed by atoms with Crippen molar-refractivity contribution < 1.29 is 5.11 Å². The largest absolute Gasteiger partial charge is 0.393 e. The van der Waals surface area contributed by atoms with E-state index in [1.807, 2.05) is 0 Å². The minimum absolute atomic E-state index is 0.0172. The van der Waals surface area contributed by atoms with Gasteiger partial charge in [-0.25, -0.2) is 0 Å². The van der Waals surface area contributed by atoms with Crippen LogP contribution in [0.15, 0.2) is 0 Å². The van der Waals surface area contributed by atoms with Gasteiger partial charge in [-0.2, -0.15) is 0 Å². The van der Waals surface area contributed by atoms with Gasteiger partial charge in [0.15, 0.2) is 0 Å². The summed E-state index contributed by atoms with van der Waals surface area (Å²) in [5.41, 5.74) is 0.859. The summed E-state index contributed by atoms with van der Waals surface area (Å²) in [6.07, 6.45) is 7.43. The van der Waals surface area contributed by atoms with Crippen LogP contribution in [0.2, 0.25) is 0 Å². The van der Waals surface area contributed by atoms with Gasteiger partial charge in [-0.05, 0) is 48.3 Å². The maximum atomic E-state index is 10.2. The third-order valence-corrected chi connectivity index (χ3v) is 5.94. The first-order chi connectivity index (χ1) is 7.42. The fourth-order valence-electron chi connectivity index (χ4n) is 4.68. The Labute approximate surface area is 101 Å². The van der Waals surface area contributed by atoms with E-state index in [0.29, 0.717) is 16.7 Å². The molecule has 1 N–H and O–H groups in total. The number of rotatable bonds is 2. The van der Waals surface area contributed by atoms with E-state index in [4.69, 9.17) is 0 Å². The van der Waals surface area contributed by atoms with Gasteiger partial charge in [-0.3, -0.25) is 0 Å². The maximum absolute atomic E-state index is 10.2. The van der Waals surface area contributed by atoms with Gasteiger partial charge >= 0.3 is 0 Å². The van der Waals surface area contributed by atoms with Crippen LogP contribution in [0.4, 0.5) is 0 Å². The summed E-state index contributed by atoms with van der Waals surface area (Å²) in [4.78, 5) is 0. The van der Waals surface area contributed by atoms with Gasteiger partial charge in [0.05, 0.1) is 6.10 Å². The normalized spacial score (nSPS) is 44.4. The van der Waals surface area contributed by atoms with Crippen molar-refractivity contribution in [2.45, 2.75) is 72.3 Å². The average Bonchev–Trinajstić information content (AvgIpc) is 2.57. The lowest BCUT2D eigenvalue weighted by Gasteiger charge is -2.48. The Morgan fingerprint density at radius 2 is 1.94 bits per heavy atom. The predicted octanol–water partition coefficient (Wildman–Crippen LogP) is 4.00. The molecule has 2 rings (SSSR count). The molecule has 0 spiro atoms. The fourth-order valence-corrected chi connectivity index (χ4v) is 4.68. The molecule has 0 aromatic rings. The van der Waals surface area contributed by atoms with Crippen molar-refractivity contribution in [3.63, 3.8) is 0 Å². The molecule has 1 heteroatoms. The molecule has 16 heavy (non-hydrogen) atoms. The summed E-state index contributed by atoms with van der Waals surface area (Å²) < 4.78 is 0. The molecular formula is C15H28O. The zero-order valence-corrected chi connectivity index (χ0v) is 11.4. The first kappa shape index (κ1) is 12.4. The molecule has 2 aliphatic rings. The number of hydrogen-bond acceptors (Lipinski definition) is 1. The van der Waals surface area contributed by atoms with Crippen LogP contribution in [0, 0.1) is 22.7 Å². The summed E-state index contributed by atoms with van der Waals surface area (Å²) in [5, 5.41) is 10.2. The first-order valence-electron chi connectivity index (χ1n) is 7.10. The van der Waals surface area contributed by atoms with Gasteiger partial charge in [0.25, 0.3) is 0 Å². The minimum Gasteiger partial charge on any atom is -0.393 e. The smallest absolute Gasteiger partial charge is 0.0573 e. The molecular weight excluding hydrogens is 196 g/mol. The van der Waals surface area contributed by atoms with Crippen molar-refractivity contribution in [2.75, 3.05) is 0 Å². The maximum Gasteiger partial charge on any atom is 0.0573 e. The highest BCUT2D eigenvalue weighted by molar-refractivity contribution is 5.04. The van der Waals surface area contributed by atoms with Gasteiger partial charge in [0.2, 0.25) is 0 Å². The molecule has 0 heterocycles. The van der Waals surface area contributed by atoms with Gasteiger partial charge in [-0.15, -0.1) is 0 Å². The van der Waals surface area contributed by atoms with Crippen LogP contribution in [-0.2, 0) is 0 Å². The van der Waals surface area contributed by atoms with Crippen molar-refractivity contribution in [2.24, 2.45) is 22.7 Å². The van der Waals surface area contributed by atoms with E-state index in [-0.39, 0.29) is 6.10 Å². The second-order valence-electron chi connectivity index (χ2n) is 7.04. The van der Waals surface area contributed by atoms with Crippen LogP contribution in [-0.4, -0.2) is 11.2 Å². The molecule has 2 aliphatic carbocycles. The Bertz CT molecular complexity index is 258. The lowest BCUT2D eigenvalue weighted by Crippen LogP contribution is -2.43. The molecule has 0 aromatic heterocycles. The van der Waals surface area contributed by atoms with Crippen LogP contribution in [0.1, 0.15) is 66.2 Å². The lowest BCUT2D eigenvalue weighted by molar-refractivity contribution is -0.0438. The monoisotopic (exact) mass is 224 g/mol. The molecule has 0 aliphatic heterocycles. The third kappa shape index (κ3) is 1.72. The summed E-state index contributed by atoms with van der Waals surface area (Å²) >= 11 is 0. The molecule has 0 radical (unpaired) electrons. The topological polar surface area (TPSA) is 20.2 Å². The van der Waals surface area contributed by atoms with E-state index >= 15 is 0 Å². The summed E-state index contributed by atoms with van der Waals surface area (Å²) in [6.45, 7) is 9.61. The highest BCUT2D eigenvalue weighted by Crippen LogP contribution is 2.61. The quantitative estimate of drug-likeness (QED) is 0.751. The summed E-state index contributed by atoms with van der Waals surface area (Å²) in [6, 6.07) is 0. The standard InChI is InChI=1S/C15H28O/c1-5-14(2,3)13-9-8-11-12(16)7-6-10-15(11,13)4/h11-13,16H,5-10H2,1-4H3. The van der Waals surface area contributed by atoms with E-state index < -0.39 is 0 Å². The summed E-state index contributed by atoms with van der Waals surface area (Å²) in [7, 11) is 0. The zero-order valence-electron chi connectivity index (χ0n) is 11.4. The molecule has 0 saturated heterocycles. The van der Waals surface area contributed by atoms with Crippen molar-refractivity contribution in [1.29, 1.82) is 0 Å². The lowest BCUT2D eigenvalue weighted by atomic mass is 9.57. The SMILES string of the molecule is CCC(C)(C)C1CCC2C(O)CCCC21C. The molecule has 2 saturated carbocycles. The van der Waals surface area contributed by atoms with Gasteiger partial charge in [-0.1, -0.05) is 40.5 Å². The van der Waals surface area contributed by atoms with Crippen LogP contribution < -0.4 is 0 Å². The highest BCUT2D eigenvalue weighted by Gasteiger charge is 2.54. The Morgan fingerprint density at radius 1 is 1.25 bits per heavy atom. The van der Waals surface area contributed by atoms with Crippen molar-refractivity contribution in [1.82, 2.24) is 0 Å². The van der Waals surface area contributed by atoms with Crippen molar-refractivity contribution >= 4 is 0 Å². The Balaban J connectivity index is 2.24. The van der Waals surface area contributed by atoms with Gasteiger partial charge in [0.1, 0.15) is 0 Å². The van der Waals surface area contributed by atoms with E-state index in [1.165, 1.54) is 32.1 Å². The molecule has 4 unspecified atom stereocenters. The second-order valence-corrected chi connectivity index (χ2v) is 7.04. The number of aliphatic hydroxyl groups excluding tert-OH is 1. The first-order valence-corrected chi connectivity index (χ1v) is 7.10. The fraction of sp³-hybridized carbons (Fsp3) is 1.00. The molecule has 4 atom stereocenters. The third-order valence-electron chi connectivity index (χ3n) is 5.94. The number of aliphatic hydroxyl groups is 1. The van der Waals surface area contributed by atoms with Crippen LogP contribution in [0.3, 0.4) is 0 Å². The molecule has 1 nitrogen and oxygen atoms in total. The van der Waals surface area contributed by atoms with E-state index in [2.05, 4.69) is 27.7 Å². The Morgan fingerprint density at radius 3 is 2.56 bits per heavy atom. The molecule has 0 bridgehead atoms. The molecule has 0 aromatic carbocycles. The Kier molecular flexibility index (Phi) is 3.11. The molecule has 2 fully saturated rings. The minimum atomic E-state index is -0.0172. The van der Waals surface area contributed by atoms with Crippen molar-refractivity contribution in [3.05, 3.63) is 0 Å². The number of fused-ring (bicyclic) bond motifs is 1. The van der Waals surface area contributed by atoms with Gasteiger partial charge in [0, 0.05) is 0 Å². The average molecular weight is 224 g/mol. The van der Waals surface area contributed by atoms with E-state index in [9.17, 15) is 5.11 Å². The number of hydrogen-bond donors (Lipinski definition) is 1. The molecule has 0 amide bonds. The van der Waals surface area contributed by atoms with Gasteiger partial charge < -0.3 is 5.11 Å². The van der Waals surface area contributed by atoms with Crippen LogP contribution in [0.25, 0.3) is 0 Å². The summed E-state index contributed by atoms with van der Waals surface area (Å²) in [5.74, 6) is 1.39. The Hall–Kier alpha value is -0.0400. The molecule has 94 valence electrons. The van der Waals surface area contributed by atoms with Crippen LogP contribution in [0.5, 0.6) is 0 Å². The van der Waals surface area contributed by atoms with E-state index in [1.54, 1.807) is 0 Å². The van der Waals surface area contributed by atoms with Crippen LogP contribution >= 0.6 is 0 Å².